The second-order valence-electron chi connectivity index (χ2n) is 5.83. The molecule has 0 radical (unpaired) electrons. The van der Waals surface area contributed by atoms with Crippen molar-refractivity contribution in [1.82, 2.24) is 0 Å². The van der Waals surface area contributed by atoms with Crippen LogP contribution in [0.25, 0.3) is 0 Å². The molecule has 1 aliphatic heterocycles. The summed E-state index contributed by atoms with van der Waals surface area (Å²) in [5.74, 6) is 1.69. The lowest BCUT2D eigenvalue weighted by atomic mass is 9.98. The van der Waals surface area contributed by atoms with Gasteiger partial charge in [-0.3, -0.25) is 0 Å². The molecule has 110 valence electrons. The molecule has 1 aliphatic rings. The highest BCUT2D eigenvalue weighted by molar-refractivity contribution is 5.47. The van der Waals surface area contributed by atoms with Crippen LogP contribution in [-0.4, -0.2) is 6.61 Å². The van der Waals surface area contributed by atoms with E-state index in [9.17, 15) is 0 Å². The van der Waals surface area contributed by atoms with Crippen LogP contribution in [0.1, 0.15) is 42.9 Å². The zero-order valence-electron chi connectivity index (χ0n) is 12.9. The van der Waals surface area contributed by atoms with Gasteiger partial charge in [0, 0.05) is 18.7 Å². The predicted molar refractivity (Wildman–Crippen MR) is 88.1 cm³/mol. The quantitative estimate of drug-likeness (QED) is 0.854. The lowest BCUT2D eigenvalue weighted by molar-refractivity contribution is 0.357. The number of hydrogen-bond acceptors (Lipinski definition) is 2. The molecule has 3 rings (SSSR count). The first-order chi connectivity index (χ1) is 10.3. The SMILES string of the molecule is CCC(C)c1ccc(NCc2ccc3c(c2)CCO3)cc1. The molecule has 2 heteroatoms. The fourth-order valence-electron chi connectivity index (χ4n) is 2.72. The summed E-state index contributed by atoms with van der Waals surface area (Å²) in [4.78, 5) is 0. The molecule has 0 fully saturated rings. The van der Waals surface area contributed by atoms with E-state index in [1.807, 2.05) is 0 Å². The number of hydrogen-bond donors (Lipinski definition) is 1. The van der Waals surface area contributed by atoms with Crippen molar-refractivity contribution in [2.75, 3.05) is 11.9 Å². The Kier molecular flexibility index (Phi) is 4.14. The Balaban J connectivity index is 1.62. The van der Waals surface area contributed by atoms with Gasteiger partial charge < -0.3 is 10.1 Å². The smallest absolute Gasteiger partial charge is 0.122 e. The topological polar surface area (TPSA) is 21.3 Å². The van der Waals surface area contributed by atoms with Crippen molar-refractivity contribution >= 4 is 5.69 Å². The fourth-order valence-corrected chi connectivity index (χ4v) is 2.72. The molecule has 0 saturated carbocycles. The Labute approximate surface area is 127 Å². The Morgan fingerprint density at radius 1 is 1.14 bits per heavy atom. The highest BCUT2D eigenvalue weighted by Gasteiger charge is 2.11. The highest BCUT2D eigenvalue weighted by Crippen LogP contribution is 2.26. The molecular weight excluding hydrogens is 258 g/mol. The highest BCUT2D eigenvalue weighted by atomic mass is 16.5. The van der Waals surface area contributed by atoms with Gasteiger partial charge in [-0.25, -0.2) is 0 Å². The van der Waals surface area contributed by atoms with E-state index in [0.717, 1.165) is 25.3 Å². The van der Waals surface area contributed by atoms with Crippen molar-refractivity contribution in [1.29, 1.82) is 0 Å². The summed E-state index contributed by atoms with van der Waals surface area (Å²) in [5.41, 5.74) is 5.24. The maximum Gasteiger partial charge on any atom is 0.122 e. The summed E-state index contributed by atoms with van der Waals surface area (Å²) in [6, 6.07) is 15.3. The molecule has 2 nitrogen and oxygen atoms in total. The fraction of sp³-hybridized carbons (Fsp3) is 0.368. The molecule has 0 saturated heterocycles. The largest absolute Gasteiger partial charge is 0.493 e. The monoisotopic (exact) mass is 281 g/mol. The van der Waals surface area contributed by atoms with E-state index in [4.69, 9.17) is 4.74 Å². The molecule has 21 heavy (non-hydrogen) atoms. The Bertz CT molecular complexity index is 603. The van der Waals surface area contributed by atoms with Crippen LogP contribution >= 0.6 is 0 Å². The second kappa shape index (κ2) is 6.21. The minimum atomic E-state index is 0.635. The molecule has 0 spiro atoms. The van der Waals surface area contributed by atoms with Crippen molar-refractivity contribution in [3.63, 3.8) is 0 Å². The van der Waals surface area contributed by atoms with Gasteiger partial charge in [-0.05, 0) is 47.2 Å². The van der Waals surface area contributed by atoms with E-state index in [1.54, 1.807) is 0 Å². The number of nitrogens with one attached hydrogen (secondary N) is 1. The van der Waals surface area contributed by atoms with Crippen LogP contribution in [0.2, 0.25) is 0 Å². The third-order valence-corrected chi connectivity index (χ3v) is 4.34. The average molecular weight is 281 g/mol. The van der Waals surface area contributed by atoms with Crippen molar-refractivity contribution in [2.24, 2.45) is 0 Å². The van der Waals surface area contributed by atoms with Gasteiger partial charge in [-0.15, -0.1) is 0 Å². The molecule has 1 N–H and O–H groups in total. The van der Waals surface area contributed by atoms with Gasteiger partial charge >= 0.3 is 0 Å². The van der Waals surface area contributed by atoms with E-state index in [0.29, 0.717) is 5.92 Å². The summed E-state index contributed by atoms with van der Waals surface area (Å²) in [6.07, 6.45) is 2.22. The molecule has 0 amide bonds. The molecule has 0 bridgehead atoms. The van der Waals surface area contributed by atoms with Gasteiger partial charge in [-0.1, -0.05) is 38.1 Å². The molecule has 1 heterocycles. The molecule has 2 aromatic carbocycles. The summed E-state index contributed by atoms with van der Waals surface area (Å²) in [6.45, 7) is 6.18. The summed E-state index contributed by atoms with van der Waals surface area (Å²) >= 11 is 0. The first-order valence-corrected chi connectivity index (χ1v) is 7.84. The van der Waals surface area contributed by atoms with Gasteiger partial charge in [0.25, 0.3) is 0 Å². The third kappa shape index (κ3) is 3.21. The predicted octanol–water partition coefficient (Wildman–Crippen LogP) is 4.75. The van der Waals surface area contributed by atoms with Gasteiger partial charge in [0.2, 0.25) is 0 Å². The number of benzene rings is 2. The lowest BCUT2D eigenvalue weighted by Crippen LogP contribution is -2.00. The number of ether oxygens (including phenoxy) is 1. The van der Waals surface area contributed by atoms with Crippen LogP contribution in [0.4, 0.5) is 5.69 Å². The summed E-state index contributed by atoms with van der Waals surface area (Å²) in [7, 11) is 0. The van der Waals surface area contributed by atoms with Gasteiger partial charge in [0.15, 0.2) is 0 Å². The minimum Gasteiger partial charge on any atom is -0.493 e. The molecular formula is C19H23NO. The first-order valence-electron chi connectivity index (χ1n) is 7.84. The normalized spacial score (nSPS) is 14.4. The lowest BCUT2D eigenvalue weighted by Gasteiger charge is -2.11. The first kappa shape index (κ1) is 14.0. The van der Waals surface area contributed by atoms with Crippen LogP contribution in [0.3, 0.4) is 0 Å². The van der Waals surface area contributed by atoms with Crippen LogP contribution in [0.5, 0.6) is 5.75 Å². The molecule has 1 unspecified atom stereocenters. The standard InChI is InChI=1S/C19H23NO/c1-3-14(2)16-5-7-18(8-6-16)20-13-15-4-9-19-17(12-15)10-11-21-19/h4-9,12,14,20H,3,10-11,13H2,1-2H3. The van der Waals surface area contributed by atoms with E-state index in [2.05, 4.69) is 61.6 Å². The van der Waals surface area contributed by atoms with Gasteiger partial charge in [0.05, 0.1) is 6.61 Å². The van der Waals surface area contributed by atoms with Crippen molar-refractivity contribution in [3.05, 3.63) is 59.2 Å². The van der Waals surface area contributed by atoms with Crippen LogP contribution in [-0.2, 0) is 13.0 Å². The van der Waals surface area contributed by atoms with E-state index in [1.165, 1.54) is 28.8 Å². The molecule has 1 atom stereocenters. The van der Waals surface area contributed by atoms with Crippen molar-refractivity contribution in [2.45, 2.75) is 39.2 Å². The van der Waals surface area contributed by atoms with E-state index < -0.39 is 0 Å². The number of fused-ring (bicyclic) bond motifs is 1. The zero-order valence-corrected chi connectivity index (χ0v) is 12.9. The second-order valence-corrected chi connectivity index (χ2v) is 5.83. The third-order valence-electron chi connectivity index (χ3n) is 4.34. The minimum absolute atomic E-state index is 0.635. The Morgan fingerprint density at radius 2 is 1.95 bits per heavy atom. The van der Waals surface area contributed by atoms with Crippen LogP contribution < -0.4 is 10.1 Å². The van der Waals surface area contributed by atoms with Crippen LogP contribution in [0, 0.1) is 0 Å². The van der Waals surface area contributed by atoms with E-state index >= 15 is 0 Å². The zero-order chi connectivity index (χ0) is 14.7. The molecule has 2 aromatic rings. The van der Waals surface area contributed by atoms with Crippen molar-refractivity contribution in [3.8, 4) is 5.75 Å². The number of anilines is 1. The Morgan fingerprint density at radius 3 is 2.71 bits per heavy atom. The maximum absolute atomic E-state index is 5.54. The van der Waals surface area contributed by atoms with Gasteiger partial charge in [0.1, 0.15) is 5.75 Å². The van der Waals surface area contributed by atoms with E-state index in [-0.39, 0.29) is 0 Å². The molecule has 0 aromatic heterocycles. The van der Waals surface area contributed by atoms with Gasteiger partial charge in [-0.2, -0.15) is 0 Å². The summed E-state index contributed by atoms with van der Waals surface area (Å²) < 4.78 is 5.54. The number of rotatable bonds is 5. The molecule has 0 aliphatic carbocycles. The maximum atomic E-state index is 5.54. The average Bonchev–Trinajstić information content (AvgIpc) is 3.00. The Hall–Kier alpha value is -1.96. The van der Waals surface area contributed by atoms with Crippen molar-refractivity contribution < 1.29 is 4.74 Å². The summed E-state index contributed by atoms with van der Waals surface area (Å²) in [5, 5.41) is 3.50. The van der Waals surface area contributed by atoms with Crippen LogP contribution in [0.15, 0.2) is 42.5 Å².